The third-order valence-electron chi connectivity index (χ3n) is 5.65. The molecule has 3 aromatic carbocycles. The fourth-order valence-corrected chi connectivity index (χ4v) is 3.65. The van der Waals surface area contributed by atoms with Gasteiger partial charge >= 0.3 is 0 Å². The molecule has 3 aromatic rings. The van der Waals surface area contributed by atoms with Gasteiger partial charge in [0.05, 0.1) is 12.1 Å². The Balaban J connectivity index is 1.80. The first-order valence-electron chi connectivity index (χ1n) is 10.1. The van der Waals surface area contributed by atoms with Gasteiger partial charge < -0.3 is 5.32 Å². The first-order chi connectivity index (χ1) is 14.9. The summed E-state index contributed by atoms with van der Waals surface area (Å²) in [6.45, 7) is 5.76. The Morgan fingerprint density at radius 3 is 2.23 bits per heavy atom. The fraction of sp³-hybridized carbons (Fsp3) is 0.154. The second-order valence-electron chi connectivity index (χ2n) is 7.78. The van der Waals surface area contributed by atoms with E-state index in [1.165, 1.54) is 6.07 Å². The first kappa shape index (κ1) is 20.5. The van der Waals surface area contributed by atoms with Crippen molar-refractivity contribution < 1.29 is 14.0 Å². The highest BCUT2D eigenvalue weighted by molar-refractivity contribution is 6.36. The van der Waals surface area contributed by atoms with Crippen molar-refractivity contribution in [2.45, 2.75) is 27.3 Å². The van der Waals surface area contributed by atoms with Crippen LogP contribution in [0.15, 0.2) is 72.4 Å². The molecule has 0 radical (unpaired) electrons. The van der Waals surface area contributed by atoms with E-state index >= 15 is 0 Å². The van der Waals surface area contributed by atoms with Gasteiger partial charge in [0.1, 0.15) is 11.5 Å². The van der Waals surface area contributed by atoms with Crippen LogP contribution in [0.5, 0.6) is 0 Å². The predicted molar refractivity (Wildman–Crippen MR) is 120 cm³/mol. The smallest absolute Gasteiger partial charge is 0.278 e. The van der Waals surface area contributed by atoms with Gasteiger partial charge in [-0.15, -0.1) is 0 Å². The zero-order valence-electron chi connectivity index (χ0n) is 17.7. The molecule has 0 saturated carbocycles. The number of carbonyl (C=O) groups excluding carboxylic acids is 2. The van der Waals surface area contributed by atoms with Gasteiger partial charge in [-0.1, -0.05) is 54.6 Å². The number of hydrogen-bond donors (Lipinski definition) is 1. The molecular formula is C26H23FN2O2. The van der Waals surface area contributed by atoms with E-state index in [4.69, 9.17) is 0 Å². The monoisotopic (exact) mass is 414 g/mol. The quantitative estimate of drug-likeness (QED) is 0.588. The highest BCUT2D eigenvalue weighted by Gasteiger charge is 2.39. The summed E-state index contributed by atoms with van der Waals surface area (Å²) >= 11 is 0. The number of carbonyl (C=O) groups is 2. The van der Waals surface area contributed by atoms with E-state index in [1.54, 1.807) is 18.2 Å². The number of hydrogen-bond acceptors (Lipinski definition) is 3. The second-order valence-corrected chi connectivity index (χ2v) is 7.78. The van der Waals surface area contributed by atoms with Crippen LogP contribution >= 0.6 is 0 Å². The maximum absolute atomic E-state index is 14.2. The summed E-state index contributed by atoms with van der Waals surface area (Å²) in [6.07, 6.45) is 0. The molecule has 0 fully saturated rings. The summed E-state index contributed by atoms with van der Waals surface area (Å²) in [7, 11) is 0. The normalized spacial score (nSPS) is 13.9. The molecule has 156 valence electrons. The first-order valence-corrected chi connectivity index (χ1v) is 10.1. The Kier molecular flexibility index (Phi) is 5.42. The number of imide groups is 1. The molecule has 2 amide bonds. The average molecular weight is 414 g/mol. The third-order valence-corrected chi connectivity index (χ3v) is 5.65. The number of para-hydroxylation sites is 1. The summed E-state index contributed by atoms with van der Waals surface area (Å²) in [4.78, 5) is 27.8. The third kappa shape index (κ3) is 3.87. The number of nitrogens with zero attached hydrogens (tertiary/aromatic N) is 1. The Morgan fingerprint density at radius 2 is 1.52 bits per heavy atom. The van der Waals surface area contributed by atoms with Gasteiger partial charge in [0.2, 0.25) is 0 Å². The number of rotatable bonds is 5. The van der Waals surface area contributed by atoms with Gasteiger partial charge in [-0.05, 0) is 55.2 Å². The van der Waals surface area contributed by atoms with Crippen molar-refractivity contribution in [1.82, 2.24) is 4.90 Å². The minimum absolute atomic E-state index is 0.127. The van der Waals surface area contributed by atoms with Crippen molar-refractivity contribution in [3.63, 3.8) is 0 Å². The van der Waals surface area contributed by atoms with Crippen molar-refractivity contribution in [2.24, 2.45) is 0 Å². The molecule has 1 N–H and O–H groups in total. The van der Waals surface area contributed by atoms with Crippen LogP contribution in [0.3, 0.4) is 0 Å². The Labute approximate surface area is 181 Å². The summed E-state index contributed by atoms with van der Waals surface area (Å²) in [5.74, 6) is -1.35. The molecule has 0 unspecified atom stereocenters. The van der Waals surface area contributed by atoms with Gasteiger partial charge in [-0.25, -0.2) is 4.39 Å². The van der Waals surface area contributed by atoms with Crippen LogP contribution in [-0.2, 0) is 16.1 Å². The molecule has 4 rings (SSSR count). The lowest BCUT2D eigenvalue weighted by molar-refractivity contribution is -0.137. The molecule has 0 spiro atoms. The molecule has 0 atom stereocenters. The molecular weight excluding hydrogens is 391 g/mol. The van der Waals surface area contributed by atoms with Crippen molar-refractivity contribution in [1.29, 1.82) is 0 Å². The van der Waals surface area contributed by atoms with Crippen LogP contribution in [0.4, 0.5) is 10.1 Å². The van der Waals surface area contributed by atoms with Crippen LogP contribution in [0.2, 0.25) is 0 Å². The summed E-state index contributed by atoms with van der Waals surface area (Å²) in [6, 6.07) is 19.4. The molecule has 1 heterocycles. The largest absolute Gasteiger partial charge is 0.350 e. The summed E-state index contributed by atoms with van der Waals surface area (Å²) in [5, 5.41) is 3.18. The van der Waals surface area contributed by atoms with E-state index in [2.05, 4.69) is 5.32 Å². The van der Waals surface area contributed by atoms with Crippen LogP contribution in [0, 0.1) is 26.6 Å². The molecule has 0 aromatic heterocycles. The minimum atomic E-state index is -0.468. The lowest BCUT2D eigenvalue weighted by Gasteiger charge is -2.16. The zero-order chi connectivity index (χ0) is 22.1. The highest BCUT2D eigenvalue weighted by atomic mass is 19.1. The molecule has 31 heavy (non-hydrogen) atoms. The topological polar surface area (TPSA) is 49.4 Å². The molecule has 1 aliphatic heterocycles. The zero-order valence-corrected chi connectivity index (χ0v) is 17.7. The maximum Gasteiger partial charge on any atom is 0.278 e. The molecule has 4 nitrogen and oxygen atoms in total. The standard InChI is InChI=1S/C26H23FN2O2/c1-16-12-13-19(14-18(16)3)23-24(28-22-11-7-4-8-17(22)2)26(31)29(25(23)30)15-20-9-5-6-10-21(20)27/h4-14,28H,15H2,1-3H3. The van der Waals surface area contributed by atoms with Crippen molar-refractivity contribution in [2.75, 3.05) is 5.32 Å². The SMILES string of the molecule is Cc1ccc(C2=C(Nc3ccccc3C)C(=O)N(Cc3ccccc3F)C2=O)cc1C. The lowest BCUT2D eigenvalue weighted by Crippen LogP contribution is -2.32. The van der Waals surface area contributed by atoms with Gasteiger partial charge in [0, 0.05) is 11.3 Å². The van der Waals surface area contributed by atoms with Crippen LogP contribution in [0.25, 0.3) is 5.57 Å². The highest BCUT2D eigenvalue weighted by Crippen LogP contribution is 2.33. The van der Waals surface area contributed by atoms with E-state index in [1.807, 2.05) is 63.2 Å². The van der Waals surface area contributed by atoms with Gasteiger partial charge in [0.25, 0.3) is 11.8 Å². The predicted octanol–water partition coefficient (Wildman–Crippen LogP) is 5.14. The molecule has 0 aliphatic carbocycles. The lowest BCUT2D eigenvalue weighted by atomic mass is 9.99. The fourth-order valence-electron chi connectivity index (χ4n) is 3.65. The number of amides is 2. The molecule has 0 bridgehead atoms. The molecule has 0 saturated heterocycles. The summed E-state index contributed by atoms with van der Waals surface area (Å²) < 4.78 is 14.2. The van der Waals surface area contributed by atoms with Crippen molar-refractivity contribution >= 4 is 23.1 Å². The van der Waals surface area contributed by atoms with E-state index in [-0.39, 0.29) is 12.2 Å². The van der Waals surface area contributed by atoms with Crippen molar-refractivity contribution in [3.05, 3.63) is 106 Å². The number of halogens is 1. The van der Waals surface area contributed by atoms with Crippen LogP contribution in [0.1, 0.15) is 27.8 Å². The van der Waals surface area contributed by atoms with E-state index < -0.39 is 17.6 Å². The number of benzene rings is 3. The summed E-state index contributed by atoms with van der Waals surface area (Å²) in [5.41, 5.74) is 5.27. The van der Waals surface area contributed by atoms with Crippen LogP contribution in [-0.4, -0.2) is 16.7 Å². The molecule has 1 aliphatic rings. The average Bonchev–Trinajstić information content (AvgIpc) is 2.97. The van der Waals surface area contributed by atoms with Crippen LogP contribution < -0.4 is 5.32 Å². The molecule has 5 heteroatoms. The van der Waals surface area contributed by atoms with Gasteiger partial charge in [-0.2, -0.15) is 0 Å². The number of anilines is 1. The number of nitrogens with one attached hydrogen (secondary N) is 1. The Bertz CT molecular complexity index is 1230. The van der Waals surface area contributed by atoms with Crippen molar-refractivity contribution in [3.8, 4) is 0 Å². The van der Waals surface area contributed by atoms with E-state index in [9.17, 15) is 14.0 Å². The minimum Gasteiger partial charge on any atom is -0.350 e. The maximum atomic E-state index is 14.2. The second kappa shape index (κ2) is 8.19. The van der Waals surface area contributed by atoms with E-state index in [0.29, 0.717) is 16.7 Å². The van der Waals surface area contributed by atoms with Gasteiger partial charge in [0.15, 0.2) is 0 Å². The Morgan fingerprint density at radius 1 is 0.806 bits per heavy atom. The van der Waals surface area contributed by atoms with Gasteiger partial charge in [-0.3, -0.25) is 14.5 Å². The Hall–Kier alpha value is -3.73. The number of aryl methyl sites for hydroxylation is 3. The van der Waals surface area contributed by atoms with E-state index in [0.717, 1.165) is 27.3 Å².